The minimum absolute atomic E-state index is 0.0836. The third kappa shape index (κ3) is 5.96. The number of hydrogen-bond donors (Lipinski definition) is 1. The number of thioether (sulfide) groups is 1. The summed E-state index contributed by atoms with van der Waals surface area (Å²) in [5.41, 5.74) is 3.63. The van der Waals surface area contributed by atoms with Crippen LogP contribution in [-0.4, -0.2) is 58.8 Å². The molecule has 0 aliphatic carbocycles. The summed E-state index contributed by atoms with van der Waals surface area (Å²) in [5, 5.41) is 11.2. The molecule has 3 aromatic rings. The number of piperazine rings is 1. The molecule has 0 spiro atoms. The molecule has 9 heteroatoms. The van der Waals surface area contributed by atoms with E-state index in [9.17, 15) is 9.59 Å². The van der Waals surface area contributed by atoms with Gasteiger partial charge >= 0.3 is 0 Å². The maximum Gasteiger partial charge on any atom is 0.277 e. The molecule has 178 valence electrons. The van der Waals surface area contributed by atoms with Crippen molar-refractivity contribution < 1.29 is 14.0 Å². The van der Waals surface area contributed by atoms with Crippen molar-refractivity contribution in [3.8, 4) is 0 Å². The SMILES string of the molecule is Cc1cccc(C(=O)N2CCN(c3ccc(NC(=O)CSc4nnc(C(C)C)o4)cc3)CC2)c1. The van der Waals surface area contributed by atoms with Gasteiger partial charge in [0.15, 0.2) is 0 Å². The number of benzene rings is 2. The molecule has 8 nitrogen and oxygen atoms in total. The number of rotatable bonds is 7. The van der Waals surface area contributed by atoms with Gasteiger partial charge in [-0.15, -0.1) is 10.2 Å². The Kier molecular flexibility index (Phi) is 7.52. The molecule has 1 aliphatic heterocycles. The van der Waals surface area contributed by atoms with Crippen molar-refractivity contribution in [3.63, 3.8) is 0 Å². The van der Waals surface area contributed by atoms with Gasteiger partial charge in [0.2, 0.25) is 11.8 Å². The summed E-state index contributed by atoms with van der Waals surface area (Å²) in [7, 11) is 0. The molecule has 0 atom stereocenters. The van der Waals surface area contributed by atoms with E-state index in [1.165, 1.54) is 11.8 Å². The number of hydrogen-bond acceptors (Lipinski definition) is 7. The highest BCUT2D eigenvalue weighted by Crippen LogP contribution is 2.22. The highest BCUT2D eigenvalue weighted by Gasteiger charge is 2.22. The second kappa shape index (κ2) is 10.7. The normalized spacial score (nSPS) is 13.9. The monoisotopic (exact) mass is 479 g/mol. The Bertz CT molecular complexity index is 1140. The van der Waals surface area contributed by atoms with Crippen molar-refractivity contribution in [2.75, 3.05) is 42.1 Å². The van der Waals surface area contributed by atoms with E-state index in [1.807, 2.05) is 74.2 Å². The van der Waals surface area contributed by atoms with Crippen molar-refractivity contribution in [1.29, 1.82) is 0 Å². The molecular formula is C25H29N5O3S. The van der Waals surface area contributed by atoms with Crippen molar-refractivity contribution in [3.05, 3.63) is 65.5 Å². The third-order valence-corrected chi connectivity index (χ3v) is 6.41. The molecule has 1 saturated heterocycles. The topological polar surface area (TPSA) is 91.6 Å². The lowest BCUT2D eigenvalue weighted by Crippen LogP contribution is -2.48. The molecule has 1 aromatic heterocycles. The van der Waals surface area contributed by atoms with Gasteiger partial charge < -0.3 is 19.5 Å². The van der Waals surface area contributed by atoms with E-state index < -0.39 is 0 Å². The quantitative estimate of drug-likeness (QED) is 0.508. The first-order chi connectivity index (χ1) is 16.4. The van der Waals surface area contributed by atoms with Gasteiger partial charge in [-0.3, -0.25) is 9.59 Å². The molecule has 34 heavy (non-hydrogen) atoms. The van der Waals surface area contributed by atoms with E-state index in [4.69, 9.17) is 4.42 Å². The fourth-order valence-corrected chi connectivity index (χ4v) is 4.29. The third-order valence-electron chi connectivity index (χ3n) is 5.59. The molecular weight excluding hydrogens is 450 g/mol. The standard InChI is InChI=1S/C25H29N5O3S/c1-17(2)23-27-28-25(33-23)34-16-22(31)26-20-7-9-21(10-8-20)29-11-13-30(14-12-29)24(32)19-6-4-5-18(3)15-19/h4-10,15,17H,11-14,16H2,1-3H3,(H,26,31). The van der Waals surface area contributed by atoms with Gasteiger partial charge in [0.25, 0.3) is 11.1 Å². The first-order valence-corrected chi connectivity index (χ1v) is 12.3. The number of nitrogens with one attached hydrogen (secondary N) is 1. The molecule has 0 unspecified atom stereocenters. The van der Waals surface area contributed by atoms with Crippen LogP contribution in [0.5, 0.6) is 0 Å². The van der Waals surface area contributed by atoms with Crippen LogP contribution in [0.25, 0.3) is 0 Å². The van der Waals surface area contributed by atoms with Crippen molar-refractivity contribution in [2.45, 2.75) is 31.9 Å². The zero-order chi connectivity index (χ0) is 24.1. The van der Waals surface area contributed by atoms with Crippen molar-refractivity contribution in [2.24, 2.45) is 0 Å². The second-order valence-corrected chi connectivity index (χ2v) is 9.52. The van der Waals surface area contributed by atoms with Crippen LogP contribution in [-0.2, 0) is 4.79 Å². The van der Waals surface area contributed by atoms with E-state index in [-0.39, 0.29) is 23.5 Å². The van der Waals surface area contributed by atoms with Gasteiger partial charge in [-0.05, 0) is 43.3 Å². The Hall–Kier alpha value is -3.33. The van der Waals surface area contributed by atoms with Crippen LogP contribution in [0.1, 0.15) is 41.6 Å². The summed E-state index contributed by atoms with van der Waals surface area (Å²) in [6.45, 7) is 8.83. The molecule has 1 N–H and O–H groups in total. The maximum absolute atomic E-state index is 12.8. The fraction of sp³-hybridized carbons (Fsp3) is 0.360. The van der Waals surface area contributed by atoms with E-state index >= 15 is 0 Å². The Balaban J connectivity index is 1.25. The Labute approximate surface area is 203 Å². The average Bonchev–Trinajstić information content (AvgIpc) is 3.33. The van der Waals surface area contributed by atoms with Crippen LogP contribution in [0.3, 0.4) is 0 Å². The van der Waals surface area contributed by atoms with Crippen LogP contribution in [0.2, 0.25) is 0 Å². The summed E-state index contributed by atoms with van der Waals surface area (Å²) < 4.78 is 5.51. The van der Waals surface area contributed by atoms with Gasteiger partial charge in [0.05, 0.1) is 5.75 Å². The highest BCUT2D eigenvalue weighted by molar-refractivity contribution is 7.99. The predicted molar refractivity (Wildman–Crippen MR) is 133 cm³/mol. The van der Waals surface area contributed by atoms with Crippen LogP contribution < -0.4 is 10.2 Å². The highest BCUT2D eigenvalue weighted by atomic mass is 32.2. The zero-order valence-corrected chi connectivity index (χ0v) is 20.5. The molecule has 1 aliphatic rings. The van der Waals surface area contributed by atoms with E-state index in [2.05, 4.69) is 20.4 Å². The fourth-order valence-electron chi connectivity index (χ4n) is 3.72. The molecule has 0 bridgehead atoms. The van der Waals surface area contributed by atoms with Gasteiger partial charge in [0.1, 0.15) is 0 Å². The second-order valence-electron chi connectivity index (χ2n) is 8.59. The van der Waals surface area contributed by atoms with Gasteiger partial charge in [-0.2, -0.15) is 0 Å². The summed E-state index contributed by atoms with van der Waals surface area (Å²) >= 11 is 1.22. The lowest BCUT2D eigenvalue weighted by atomic mass is 10.1. The largest absolute Gasteiger partial charge is 0.416 e. The molecule has 1 fully saturated rings. The Morgan fingerprint density at radius 3 is 2.44 bits per heavy atom. The Morgan fingerprint density at radius 2 is 1.79 bits per heavy atom. The van der Waals surface area contributed by atoms with Gasteiger partial charge in [-0.1, -0.05) is 43.3 Å². The molecule has 2 aromatic carbocycles. The summed E-state index contributed by atoms with van der Waals surface area (Å²) in [6, 6.07) is 15.5. The lowest BCUT2D eigenvalue weighted by Gasteiger charge is -2.36. The number of anilines is 2. The van der Waals surface area contributed by atoms with Crippen LogP contribution >= 0.6 is 11.8 Å². The first kappa shape index (κ1) is 23.8. The van der Waals surface area contributed by atoms with Gasteiger partial charge in [0, 0.05) is 49.0 Å². The maximum atomic E-state index is 12.8. The summed E-state index contributed by atoms with van der Waals surface area (Å²) in [6.07, 6.45) is 0. The summed E-state index contributed by atoms with van der Waals surface area (Å²) in [5.74, 6) is 0.869. The smallest absolute Gasteiger partial charge is 0.277 e. The molecule has 2 heterocycles. The average molecular weight is 480 g/mol. The predicted octanol–water partition coefficient (Wildman–Crippen LogP) is 4.19. The number of aryl methyl sites for hydroxylation is 1. The summed E-state index contributed by atoms with van der Waals surface area (Å²) in [4.78, 5) is 29.2. The number of carbonyl (C=O) groups excluding carboxylic acids is 2. The number of carbonyl (C=O) groups is 2. The number of aromatic nitrogens is 2. The molecule has 0 saturated carbocycles. The van der Waals surface area contributed by atoms with Gasteiger partial charge in [-0.25, -0.2) is 0 Å². The number of nitrogens with zero attached hydrogens (tertiary/aromatic N) is 4. The first-order valence-electron chi connectivity index (χ1n) is 11.4. The van der Waals surface area contributed by atoms with E-state index in [1.54, 1.807) is 0 Å². The van der Waals surface area contributed by atoms with E-state index in [0.717, 1.165) is 35.6 Å². The van der Waals surface area contributed by atoms with E-state index in [0.29, 0.717) is 24.2 Å². The van der Waals surface area contributed by atoms with Crippen molar-refractivity contribution >= 4 is 35.0 Å². The minimum atomic E-state index is -0.134. The Morgan fingerprint density at radius 1 is 1.06 bits per heavy atom. The molecule has 4 rings (SSSR count). The van der Waals surface area contributed by atoms with Crippen molar-refractivity contribution in [1.82, 2.24) is 15.1 Å². The number of amides is 2. The molecule has 0 radical (unpaired) electrons. The van der Waals surface area contributed by atoms with Crippen LogP contribution in [0, 0.1) is 6.92 Å². The minimum Gasteiger partial charge on any atom is -0.416 e. The molecule has 2 amide bonds. The van der Waals surface area contributed by atoms with Crippen LogP contribution in [0.15, 0.2) is 58.2 Å². The van der Waals surface area contributed by atoms with Crippen LogP contribution in [0.4, 0.5) is 11.4 Å². The lowest BCUT2D eigenvalue weighted by molar-refractivity contribution is -0.113. The zero-order valence-electron chi connectivity index (χ0n) is 19.7.